The van der Waals surface area contributed by atoms with Gasteiger partial charge in [0.1, 0.15) is 46.0 Å². The van der Waals surface area contributed by atoms with Crippen LogP contribution in [0, 0.1) is 191 Å². The Balaban J connectivity index is -0.000000305. The van der Waals surface area contributed by atoms with E-state index in [1.807, 2.05) is 0 Å². The zero-order valence-corrected chi connectivity index (χ0v) is 71.7. The van der Waals surface area contributed by atoms with E-state index in [0.29, 0.717) is 44.5 Å². The number of aliphatic hydroxyl groups is 2. The Kier molecular flexibility index (Phi) is 66.1. The average Bonchev–Trinajstić information content (AvgIpc) is 0.895. The molecule has 0 saturated heterocycles. The molecular formula is C76H86Er4N6O28. The first-order chi connectivity index (χ1) is 52.0. The molecule has 636 valence electrons. The molecule has 0 bridgehead atoms. The molecule has 4 radical (unpaired) electrons. The van der Waals surface area contributed by atoms with E-state index in [1.54, 1.807) is 187 Å². The average molecular weight is 2200 g/mol. The van der Waals surface area contributed by atoms with Crippen molar-refractivity contribution in [2.75, 3.05) is 71.1 Å². The molecule has 0 aliphatic heterocycles. The number of hydrogen-bond acceptors (Lipinski definition) is 32. The maximum Gasteiger partial charge on any atom is 3.00 e. The molecule has 114 heavy (non-hydrogen) atoms. The smallest absolute Gasteiger partial charge is 0.870 e. The van der Waals surface area contributed by atoms with Gasteiger partial charge < -0.3 is 139 Å². The molecule has 0 heterocycles. The number of nitrogens with zero attached hydrogens (tertiary/aromatic N) is 6. The maximum absolute atomic E-state index is 11.9. The number of para-hydroxylation sites is 8. The summed E-state index contributed by atoms with van der Waals surface area (Å²) in [6.07, 6.45) is 5.79. The first-order valence-electron chi connectivity index (χ1n) is 31.7. The van der Waals surface area contributed by atoms with Crippen LogP contribution in [0.15, 0.2) is 166 Å². The molecule has 8 rings (SSSR count). The van der Waals surface area contributed by atoms with Crippen LogP contribution in [0.25, 0.3) is 0 Å². The summed E-state index contributed by atoms with van der Waals surface area (Å²) in [5.74, 6) is -1.46. The maximum atomic E-state index is 11.9. The number of ether oxygens (including phenoxy) is 8. The summed E-state index contributed by atoms with van der Waals surface area (Å²) in [4.78, 5) is 52.9. The predicted molar refractivity (Wildman–Crippen MR) is 391 cm³/mol. The van der Waals surface area contributed by atoms with Crippen LogP contribution in [-0.4, -0.2) is 128 Å². The summed E-state index contributed by atoms with van der Waals surface area (Å²) in [5.41, 5.74) is 2.35. The van der Waals surface area contributed by atoms with Crippen molar-refractivity contribution in [3.63, 3.8) is 0 Å². The van der Waals surface area contributed by atoms with Crippen LogP contribution in [0.3, 0.4) is 0 Å². The minimum atomic E-state index is -1.75. The zero-order valence-electron chi connectivity index (χ0n) is 64.3. The zero-order chi connectivity index (χ0) is 84.3. The molecule has 2 N–H and O–H groups in total. The van der Waals surface area contributed by atoms with Crippen LogP contribution >= 0.6 is 0 Å². The topological polar surface area (TPSA) is 561 Å². The van der Waals surface area contributed by atoms with Gasteiger partial charge in [-0.3, -0.25) is 20.0 Å². The Morgan fingerprint density at radius 3 is 0.553 bits per heavy atom. The molecule has 0 aliphatic carbocycles. The van der Waals surface area contributed by atoms with E-state index in [9.17, 15) is 60.7 Å². The van der Waals surface area contributed by atoms with Gasteiger partial charge in [0.15, 0.2) is 0 Å². The molecule has 0 spiro atoms. The van der Waals surface area contributed by atoms with Gasteiger partial charge in [-0.05, 0) is 93.0 Å². The SMILES string of the molecule is CC(C)(C)C(=O)[O-].CC(C)(C)C(=O)[O-].CO.CO.COc1cccc(C=NCc2cccc(OC)c2[O-])c1[O-].COc1cccc(C=NCc2cccc(OC)c2[O-])c1[O-].COc1cccc(C=NCc2cccc(OC)c2[O-])c1[O-].COc1cccc(C=NCc2cccc(OC)c2[O-])c1[O-].O=[N+]([O-])[O-].O=[N+]([O-])[O-].[Er+3].[Er+3].[Er+3].[Er+3]. The monoisotopic (exact) mass is 2190 g/mol. The summed E-state index contributed by atoms with van der Waals surface area (Å²) in [6, 6.07) is 39.9. The quantitative estimate of drug-likeness (QED) is 0.0613. The Labute approximate surface area is 778 Å². The largest absolute Gasteiger partial charge is 3.00 e. The molecule has 0 saturated carbocycles. The molecule has 0 fully saturated rings. The molecule has 8 aromatic carbocycles. The van der Waals surface area contributed by atoms with Crippen LogP contribution in [-0.2, 0) is 35.8 Å². The van der Waals surface area contributed by atoms with E-state index >= 15 is 0 Å². The van der Waals surface area contributed by atoms with Gasteiger partial charge in [0.2, 0.25) is 0 Å². The fourth-order valence-corrected chi connectivity index (χ4v) is 7.54. The number of benzene rings is 8. The van der Waals surface area contributed by atoms with E-state index < -0.39 is 32.9 Å². The molecule has 8 aromatic rings. The van der Waals surface area contributed by atoms with Gasteiger partial charge in [0.05, 0.1) is 93.2 Å². The van der Waals surface area contributed by atoms with Gasteiger partial charge in [0, 0.05) is 61.8 Å². The van der Waals surface area contributed by atoms with Gasteiger partial charge >= 0.3 is 149 Å². The number of carboxylic acid groups (broad SMARTS) is 2. The van der Waals surface area contributed by atoms with E-state index in [1.165, 1.54) is 81.7 Å². The minimum Gasteiger partial charge on any atom is -0.870 e. The van der Waals surface area contributed by atoms with E-state index in [0.717, 1.165) is 14.2 Å². The Morgan fingerprint density at radius 2 is 0.430 bits per heavy atom. The number of carboxylic acids is 2. The van der Waals surface area contributed by atoms with Crippen LogP contribution in [0.1, 0.15) is 86.1 Å². The molecule has 38 heteroatoms. The summed E-state index contributed by atoms with van der Waals surface area (Å²) in [5, 5.41) is 159. The number of aliphatic carboxylic acids is 2. The molecule has 0 atom stereocenters. The van der Waals surface area contributed by atoms with E-state index in [-0.39, 0.29) is 267 Å². The van der Waals surface area contributed by atoms with Crippen molar-refractivity contribution in [1.82, 2.24) is 0 Å². The second-order valence-corrected chi connectivity index (χ2v) is 22.7. The van der Waals surface area contributed by atoms with Crippen LogP contribution in [0.2, 0.25) is 0 Å². The summed E-state index contributed by atoms with van der Waals surface area (Å²) in [7, 11) is 13.6. The van der Waals surface area contributed by atoms with Crippen molar-refractivity contribution in [1.29, 1.82) is 0 Å². The number of carbonyl (C=O) groups is 2. The van der Waals surface area contributed by atoms with Crippen molar-refractivity contribution < 1.29 is 268 Å². The second kappa shape index (κ2) is 64.7. The third-order valence-corrected chi connectivity index (χ3v) is 13.2. The van der Waals surface area contributed by atoms with Gasteiger partial charge in [-0.1, -0.05) is 185 Å². The number of rotatable bonds is 20. The van der Waals surface area contributed by atoms with E-state index in [4.69, 9.17) is 78.8 Å². The first-order valence-corrected chi connectivity index (χ1v) is 31.7. The summed E-state index contributed by atoms with van der Waals surface area (Å²) in [6.45, 7) is 10.3. The van der Waals surface area contributed by atoms with Gasteiger partial charge in [0.25, 0.3) is 0 Å². The molecule has 0 aliphatic rings. The van der Waals surface area contributed by atoms with Gasteiger partial charge in [-0.25, -0.2) is 0 Å². The van der Waals surface area contributed by atoms with Crippen molar-refractivity contribution in [3.8, 4) is 92.0 Å². The Hall–Kier alpha value is -8.51. The predicted octanol–water partition coefficient (Wildman–Crippen LogP) is 4.18. The van der Waals surface area contributed by atoms with E-state index in [2.05, 4.69) is 20.0 Å². The number of methoxy groups -OCH3 is 8. The summed E-state index contributed by atoms with van der Waals surface area (Å²) < 4.78 is 39.7. The standard InChI is InChI=1S/4C16H17NO4.2C5H10O2.2CH4O.4Er.2NO3/c4*1-20-13-7-3-5-11(15(13)18)9-17-10-12-6-4-8-14(21-2)16(12)19;2*1-5(2,3)4(6)7;2*1-2;;;;;2*2-1(3)4/h4*3-9,18-19H,10H2,1-2H3;2*1-3H3,(H,6,7);2*2H,1H3;;;;;;/q;;;;;;;;4*+3;2*-1/p-10. The number of hydrogen-bond donors (Lipinski definition) is 2. The second-order valence-electron chi connectivity index (χ2n) is 22.7. The number of carbonyl (C=O) groups excluding carboxylic acids is 2. The Morgan fingerprint density at radius 1 is 0.307 bits per heavy atom. The van der Waals surface area contributed by atoms with Crippen LogP contribution in [0.5, 0.6) is 92.0 Å². The van der Waals surface area contributed by atoms with Crippen LogP contribution in [0.4, 0.5) is 0 Å². The van der Waals surface area contributed by atoms with Crippen molar-refractivity contribution in [2.45, 2.75) is 67.7 Å². The third kappa shape index (κ3) is 45.0. The van der Waals surface area contributed by atoms with Gasteiger partial charge in [-0.2, -0.15) is 0 Å². The fraction of sp³-hybridized carbons (Fsp3) is 0.289. The molecule has 0 amide bonds. The minimum absolute atomic E-state index is 0. The van der Waals surface area contributed by atoms with Crippen molar-refractivity contribution >= 4 is 36.8 Å². The molecule has 0 unspecified atom stereocenters. The normalized spacial score (nSPS) is 9.84. The first kappa shape index (κ1) is 116. The Bertz CT molecular complexity index is 3730. The molecular weight excluding hydrogens is 2110 g/mol. The fourth-order valence-electron chi connectivity index (χ4n) is 7.54. The summed E-state index contributed by atoms with van der Waals surface area (Å²) >= 11 is 0. The number of aliphatic hydroxyl groups excluding tert-OH is 2. The molecule has 0 aromatic heterocycles. The van der Waals surface area contributed by atoms with Crippen molar-refractivity contribution in [3.05, 3.63) is 221 Å². The van der Waals surface area contributed by atoms with Crippen LogP contribution < -0.4 is 89.0 Å². The van der Waals surface area contributed by atoms with Gasteiger partial charge in [-0.15, -0.1) is 0 Å². The molecule has 34 nitrogen and oxygen atoms in total. The van der Waals surface area contributed by atoms with Crippen molar-refractivity contribution in [2.24, 2.45) is 30.8 Å². The third-order valence-electron chi connectivity index (χ3n) is 13.2. The number of aliphatic imine (C=N–C) groups is 4.